The van der Waals surface area contributed by atoms with Gasteiger partial charge in [0.2, 0.25) is 0 Å². The standard InChI is InChI=1S/C9H12N2O2/c1-2-13-9(12)7-6-11-5-3-4-8(11)10-7/h6H,2-5H2,1H3. The number of carbonyl (C=O) groups is 1. The number of hydrogen-bond donors (Lipinski definition) is 0. The SMILES string of the molecule is CCOC(=O)c1cn2c(n1)CCC2. The Morgan fingerprint density at radius 2 is 2.62 bits per heavy atom. The summed E-state index contributed by atoms with van der Waals surface area (Å²) in [6.07, 6.45) is 3.88. The van der Waals surface area contributed by atoms with E-state index in [4.69, 9.17) is 4.74 Å². The normalized spacial score (nSPS) is 14.2. The molecule has 0 amide bonds. The smallest absolute Gasteiger partial charge is 0.358 e. The number of nitrogens with zero attached hydrogens (tertiary/aromatic N) is 2. The van der Waals surface area contributed by atoms with E-state index in [2.05, 4.69) is 4.98 Å². The molecule has 2 rings (SSSR count). The zero-order valence-corrected chi connectivity index (χ0v) is 7.62. The first-order valence-corrected chi connectivity index (χ1v) is 4.54. The molecule has 0 bridgehead atoms. The fourth-order valence-corrected chi connectivity index (χ4v) is 1.56. The van der Waals surface area contributed by atoms with Crippen molar-refractivity contribution < 1.29 is 9.53 Å². The highest BCUT2D eigenvalue weighted by Crippen LogP contribution is 2.14. The first-order chi connectivity index (χ1) is 6.31. The van der Waals surface area contributed by atoms with Crippen molar-refractivity contribution >= 4 is 5.97 Å². The number of fused-ring (bicyclic) bond motifs is 1. The van der Waals surface area contributed by atoms with Gasteiger partial charge in [0.15, 0.2) is 5.69 Å². The molecule has 0 aliphatic carbocycles. The van der Waals surface area contributed by atoms with Crippen LogP contribution in [0.2, 0.25) is 0 Å². The molecule has 4 heteroatoms. The van der Waals surface area contributed by atoms with Crippen LogP contribution in [0.15, 0.2) is 6.20 Å². The van der Waals surface area contributed by atoms with Gasteiger partial charge in [-0.15, -0.1) is 0 Å². The van der Waals surface area contributed by atoms with Gasteiger partial charge in [0, 0.05) is 19.2 Å². The second-order valence-electron chi connectivity index (χ2n) is 3.06. The molecule has 0 aromatic carbocycles. The number of carbonyl (C=O) groups excluding carboxylic acids is 1. The van der Waals surface area contributed by atoms with E-state index in [9.17, 15) is 4.79 Å². The summed E-state index contributed by atoms with van der Waals surface area (Å²) >= 11 is 0. The summed E-state index contributed by atoms with van der Waals surface area (Å²) in [5, 5.41) is 0. The highest BCUT2D eigenvalue weighted by molar-refractivity contribution is 5.87. The maximum absolute atomic E-state index is 11.3. The van der Waals surface area contributed by atoms with Crippen LogP contribution < -0.4 is 0 Å². The Balaban J connectivity index is 2.18. The summed E-state index contributed by atoms with van der Waals surface area (Å²) in [4.78, 5) is 15.4. The predicted molar refractivity (Wildman–Crippen MR) is 46.5 cm³/mol. The number of esters is 1. The molecule has 1 aromatic rings. The number of hydrogen-bond acceptors (Lipinski definition) is 3. The van der Waals surface area contributed by atoms with E-state index in [1.54, 1.807) is 13.1 Å². The Morgan fingerprint density at radius 3 is 3.31 bits per heavy atom. The van der Waals surface area contributed by atoms with Gasteiger partial charge in [-0.05, 0) is 13.3 Å². The number of aromatic nitrogens is 2. The lowest BCUT2D eigenvalue weighted by Gasteiger charge is -1.96. The third-order valence-electron chi connectivity index (χ3n) is 2.14. The van der Waals surface area contributed by atoms with Crippen LogP contribution in [0, 0.1) is 0 Å². The molecule has 2 heterocycles. The van der Waals surface area contributed by atoms with E-state index in [1.807, 2.05) is 4.57 Å². The Kier molecular flexibility index (Phi) is 2.04. The maximum Gasteiger partial charge on any atom is 0.358 e. The molecule has 0 atom stereocenters. The van der Waals surface area contributed by atoms with Gasteiger partial charge in [-0.1, -0.05) is 0 Å². The highest BCUT2D eigenvalue weighted by Gasteiger charge is 2.17. The van der Waals surface area contributed by atoms with E-state index in [0.29, 0.717) is 12.3 Å². The number of imidazole rings is 1. The molecule has 0 saturated carbocycles. The molecule has 1 aromatic heterocycles. The van der Waals surface area contributed by atoms with Crippen molar-refractivity contribution in [3.63, 3.8) is 0 Å². The highest BCUT2D eigenvalue weighted by atomic mass is 16.5. The zero-order valence-electron chi connectivity index (χ0n) is 7.62. The summed E-state index contributed by atoms with van der Waals surface area (Å²) in [5.74, 6) is 0.687. The first kappa shape index (κ1) is 8.29. The fourth-order valence-electron chi connectivity index (χ4n) is 1.56. The number of rotatable bonds is 2. The third kappa shape index (κ3) is 1.43. The zero-order chi connectivity index (χ0) is 9.26. The summed E-state index contributed by atoms with van der Waals surface area (Å²) in [5.41, 5.74) is 0.441. The van der Waals surface area contributed by atoms with Crippen molar-refractivity contribution in [2.75, 3.05) is 6.61 Å². The van der Waals surface area contributed by atoms with Crippen molar-refractivity contribution in [2.24, 2.45) is 0 Å². The fraction of sp³-hybridized carbons (Fsp3) is 0.556. The molecule has 0 fully saturated rings. The van der Waals surface area contributed by atoms with Gasteiger partial charge in [-0.25, -0.2) is 9.78 Å². The van der Waals surface area contributed by atoms with Gasteiger partial charge < -0.3 is 9.30 Å². The minimum atomic E-state index is -0.315. The second kappa shape index (κ2) is 3.20. The van der Waals surface area contributed by atoms with Crippen LogP contribution in [0.1, 0.15) is 29.7 Å². The Labute approximate surface area is 76.5 Å². The quantitative estimate of drug-likeness (QED) is 0.638. The predicted octanol–water partition coefficient (Wildman–Crippen LogP) is 1.01. The average molecular weight is 180 g/mol. The van der Waals surface area contributed by atoms with Crippen LogP contribution in [0.3, 0.4) is 0 Å². The molecule has 0 spiro atoms. The average Bonchev–Trinajstić information content (AvgIpc) is 2.61. The van der Waals surface area contributed by atoms with E-state index >= 15 is 0 Å². The van der Waals surface area contributed by atoms with Gasteiger partial charge in [-0.3, -0.25) is 0 Å². The lowest BCUT2D eigenvalue weighted by molar-refractivity contribution is 0.0519. The van der Waals surface area contributed by atoms with Crippen LogP contribution >= 0.6 is 0 Å². The Morgan fingerprint density at radius 1 is 1.77 bits per heavy atom. The summed E-state index contributed by atoms with van der Waals surface area (Å²) in [7, 11) is 0. The maximum atomic E-state index is 11.3. The molecule has 4 nitrogen and oxygen atoms in total. The largest absolute Gasteiger partial charge is 0.461 e. The van der Waals surface area contributed by atoms with Crippen molar-refractivity contribution in [3.05, 3.63) is 17.7 Å². The van der Waals surface area contributed by atoms with Gasteiger partial charge in [0.05, 0.1) is 6.61 Å². The van der Waals surface area contributed by atoms with Crippen LogP contribution in [0.4, 0.5) is 0 Å². The summed E-state index contributed by atoms with van der Waals surface area (Å²) in [6.45, 7) is 3.17. The van der Waals surface area contributed by atoms with Crippen LogP contribution in [0.5, 0.6) is 0 Å². The number of ether oxygens (including phenoxy) is 1. The molecule has 0 radical (unpaired) electrons. The second-order valence-corrected chi connectivity index (χ2v) is 3.06. The van der Waals surface area contributed by atoms with E-state index < -0.39 is 0 Å². The van der Waals surface area contributed by atoms with Crippen LogP contribution in [-0.4, -0.2) is 22.1 Å². The summed E-state index contributed by atoms with van der Waals surface area (Å²) in [6, 6.07) is 0. The van der Waals surface area contributed by atoms with E-state index in [-0.39, 0.29) is 5.97 Å². The van der Waals surface area contributed by atoms with Crippen molar-refractivity contribution in [1.29, 1.82) is 0 Å². The Bertz CT molecular complexity index is 309. The van der Waals surface area contributed by atoms with Crippen molar-refractivity contribution in [2.45, 2.75) is 26.3 Å². The topological polar surface area (TPSA) is 44.1 Å². The third-order valence-corrected chi connectivity index (χ3v) is 2.14. The van der Waals surface area contributed by atoms with Crippen LogP contribution in [0.25, 0.3) is 0 Å². The Hall–Kier alpha value is -1.32. The van der Waals surface area contributed by atoms with Crippen LogP contribution in [-0.2, 0) is 17.7 Å². The van der Waals surface area contributed by atoms with Crippen molar-refractivity contribution in [1.82, 2.24) is 9.55 Å². The molecular formula is C9H12N2O2. The molecule has 0 N–H and O–H groups in total. The van der Waals surface area contributed by atoms with Gasteiger partial charge in [0.25, 0.3) is 0 Å². The monoisotopic (exact) mass is 180 g/mol. The van der Waals surface area contributed by atoms with Gasteiger partial charge in [-0.2, -0.15) is 0 Å². The molecule has 1 aliphatic heterocycles. The molecule has 13 heavy (non-hydrogen) atoms. The molecular weight excluding hydrogens is 168 g/mol. The minimum absolute atomic E-state index is 0.315. The molecule has 70 valence electrons. The summed E-state index contributed by atoms with van der Waals surface area (Å²) < 4.78 is 6.87. The number of aryl methyl sites for hydroxylation is 2. The van der Waals surface area contributed by atoms with Gasteiger partial charge >= 0.3 is 5.97 Å². The first-order valence-electron chi connectivity index (χ1n) is 4.54. The van der Waals surface area contributed by atoms with E-state index in [1.165, 1.54) is 0 Å². The molecule has 0 saturated heterocycles. The lowest BCUT2D eigenvalue weighted by atomic mass is 10.3. The molecule has 1 aliphatic rings. The lowest BCUT2D eigenvalue weighted by Crippen LogP contribution is -2.05. The molecule has 0 unspecified atom stereocenters. The minimum Gasteiger partial charge on any atom is -0.461 e. The van der Waals surface area contributed by atoms with Gasteiger partial charge in [0.1, 0.15) is 5.82 Å². The van der Waals surface area contributed by atoms with Crippen molar-refractivity contribution in [3.8, 4) is 0 Å². The van der Waals surface area contributed by atoms with E-state index in [0.717, 1.165) is 25.2 Å².